The molecule has 1 aromatic rings. The molecule has 0 bridgehead atoms. The van der Waals surface area contributed by atoms with Gasteiger partial charge in [-0.05, 0) is 31.4 Å². The van der Waals surface area contributed by atoms with Gasteiger partial charge in [-0.25, -0.2) is 0 Å². The van der Waals surface area contributed by atoms with Gasteiger partial charge in [-0.3, -0.25) is 4.79 Å². The predicted octanol–water partition coefficient (Wildman–Crippen LogP) is 3.47. The zero-order chi connectivity index (χ0) is 14.3. The Balaban J connectivity index is 2.58. The summed E-state index contributed by atoms with van der Waals surface area (Å²) in [6, 6.07) is 7.23. The Morgan fingerprint density at radius 1 is 1.37 bits per heavy atom. The summed E-state index contributed by atoms with van der Waals surface area (Å²) in [4.78, 5) is 12.1. The number of hydrogen-bond acceptors (Lipinski definition) is 2. The minimum absolute atomic E-state index is 0.0387. The van der Waals surface area contributed by atoms with Crippen LogP contribution < -0.4 is 10.1 Å². The molecule has 0 saturated heterocycles. The average Bonchev–Trinajstić information content (AvgIpc) is 2.36. The molecular weight excluding hydrogens is 262 g/mol. The second kappa shape index (κ2) is 8.05. The molecule has 0 aliphatic carbocycles. The van der Waals surface area contributed by atoms with E-state index in [0.717, 1.165) is 6.42 Å². The molecule has 1 atom stereocenters. The fourth-order valence-corrected chi connectivity index (χ4v) is 2.26. The zero-order valence-electron chi connectivity index (χ0n) is 11.8. The maximum absolute atomic E-state index is 12.1. The molecule has 1 aromatic carbocycles. The Kier molecular flexibility index (Phi) is 6.71. The van der Waals surface area contributed by atoms with Crippen LogP contribution in [0.5, 0.6) is 5.75 Å². The summed E-state index contributed by atoms with van der Waals surface area (Å²) < 4.78 is 5.44. The van der Waals surface area contributed by atoms with Crippen molar-refractivity contribution in [2.75, 3.05) is 13.2 Å². The molecule has 19 heavy (non-hydrogen) atoms. The highest BCUT2D eigenvalue weighted by Gasteiger charge is 2.14. The number of nitrogens with one attached hydrogen (secondary N) is 1. The Hall–Kier alpha value is -1.22. The second-order valence-corrected chi connectivity index (χ2v) is 5.48. The largest absolute Gasteiger partial charge is 0.493 e. The fraction of sp³-hybridized carbons (Fsp3) is 0.533. The van der Waals surface area contributed by atoms with E-state index >= 15 is 0 Å². The molecule has 4 heteroatoms. The Morgan fingerprint density at radius 2 is 2.05 bits per heavy atom. The Bertz CT molecular complexity index is 407. The van der Waals surface area contributed by atoms with Crippen LogP contribution in [0.15, 0.2) is 24.3 Å². The van der Waals surface area contributed by atoms with E-state index < -0.39 is 0 Å². The van der Waals surface area contributed by atoms with Gasteiger partial charge in [0.2, 0.25) is 0 Å². The lowest BCUT2D eigenvalue weighted by molar-refractivity contribution is 0.0949. The fourth-order valence-electron chi connectivity index (χ4n) is 1.83. The Labute approximate surface area is 120 Å². The first-order chi connectivity index (χ1) is 9.04. The van der Waals surface area contributed by atoms with Gasteiger partial charge in [0.05, 0.1) is 17.5 Å². The third-order valence-electron chi connectivity index (χ3n) is 2.64. The van der Waals surface area contributed by atoms with Crippen LogP contribution in [0.25, 0.3) is 0 Å². The van der Waals surface area contributed by atoms with Crippen molar-refractivity contribution in [2.24, 2.45) is 5.92 Å². The van der Waals surface area contributed by atoms with E-state index in [4.69, 9.17) is 16.3 Å². The molecule has 0 fully saturated rings. The smallest absolute Gasteiger partial charge is 0.255 e. The molecule has 0 aliphatic rings. The first-order valence-electron chi connectivity index (χ1n) is 6.68. The minimum Gasteiger partial charge on any atom is -0.493 e. The van der Waals surface area contributed by atoms with Crippen molar-refractivity contribution in [1.29, 1.82) is 0 Å². The Morgan fingerprint density at radius 3 is 2.68 bits per heavy atom. The van der Waals surface area contributed by atoms with Crippen LogP contribution in [-0.2, 0) is 0 Å². The lowest BCUT2D eigenvalue weighted by atomic mass is 10.1. The van der Waals surface area contributed by atoms with E-state index in [1.807, 2.05) is 19.1 Å². The molecule has 0 aromatic heterocycles. The van der Waals surface area contributed by atoms with Crippen LogP contribution in [0.3, 0.4) is 0 Å². The molecular formula is C15H22ClNO2. The standard InChI is InChI=1S/C15H22ClNO2/c1-4-19-14-8-6-5-7-13(14)15(18)17-10-12(16)9-11(2)3/h5-8,11-12H,4,9-10H2,1-3H3,(H,17,18). The maximum Gasteiger partial charge on any atom is 0.255 e. The third-order valence-corrected chi connectivity index (χ3v) is 2.98. The topological polar surface area (TPSA) is 38.3 Å². The number of para-hydroxylation sites is 1. The molecule has 1 N–H and O–H groups in total. The molecule has 1 rings (SSSR count). The van der Waals surface area contributed by atoms with E-state index in [2.05, 4.69) is 19.2 Å². The molecule has 1 amide bonds. The third kappa shape index (κ3) is 5.52. The van der Waals surface area contributed by atoms with Crippen molar-refractivity contribution in [3.8, 4) is 5.75 Å². The lowest BCUT2D eigenvalue weighted by Gasteiger charge is -2.14. The maximum atomic E-state index is 12.1. The van der Waals surface area contributed by atoms with Crippen LogP contribution in [0.2, 0.25) is 0 Å². The van der Waals surface area contributed by atoms with Gasteiger partial charge in [-0.1, -0.05) is 26.0 Å². The van der Waals surface area contributed by atoms with E-state index in [1.165, 1.54) is 0 Å². The summed E-state index contributed by atoms with van der Waals surface area (Å²) in [5, 5.41) is 2.81. The monoisotopic (exact) mass is 283 g/mol. The molecule has 0 heterocycles. The van der Waals surface area contributed by atoms with Gasteiger partial charge < -0.3 is 10.1 Å². The summed E-state index contributed by atoms with van der Waals surface area (Å²) in [5.41, 5.74) is 0.553. The number of rotatable bonds is 7. The van der Waals surface area contributed by atoms with Gasteiger partial charge >= 0.3 is 0 Å². The molecule has 0 radical (unpaired) electrons. The molecule has 3 nitrogen and oxygen atoms in total. The van der Waals surface area contributed by atoms with E-state index in [1.54, 1.807) is 12.1 Å². The summed E-state index contributed by atoms with van der Waals surface area (Å²) in [5.74, 6) is 0.992. The number of carbonyl (C=O) groups is 1. The van der Waals surface area contributed by atoms with Gasteiger partial charge in [0, 0.05) is 6.54 Å². The highest BCUT2D eigenvalue weighted by molar-refractivity contribution is 6.21. The lowest BCUT2D eigenvalue weighted by Crippen LogP contribution is -2.30. The van der Waals surface area contributed by atoms with Gasteiger partial charge in [-0.2, -0.15) is 0 Å². The van der Waals surface area contributed by atoms with E-state index in [-0.39, 0.29) is 11.3 Å². The van der Waals surface area contributed by atoms with Crippen LogP contribution in [0.4, 0.5) is 0 Å². The van der Waals surface area contributed by atoms with Crippen molar-refractivity contribution >= 4 is 17.5 Å². The zero-order valence-corrected chi connectivity index (χ0v) is 12.5. The van der Waals surface area contributed by atoms with Crippen molar-refractivity contribution in [1.82, 2.24) is 5.32 Å². The molecule has 106 valence electrons. The summed E-state index contributed by atoms with van der Waals surface area (Å²) in [6.07, 6.45) is 0.884. The van der Waals surface area contributed by atoms with Crippen molar-refractivity contribution in [2.45, 2.75) is 32.6 Å². The van der Waals surface area contributed by atoms with Gasteiger partial charge in [0.15, 0.2) is 0 Å². The molecule has 1 unspecified atom stereocenters. The SMILES string of the molecule is CCOc1ccccc1C(=O)NCC(Cl)CC(C)C. The van der Waals surface area contributed by atoms with Crippen molar-refractivity contribution in [3.05, 3.63) is 29.8 Å². The number of ether oxygens (including phenoxy) is 1. The summed E-state index contributed by atoms with van der Waals surface area (Å²) in [7, 11) is 0. The van der Waals surface area contributed by atoms with Gasteiger partial charge in [0.25, 0.3) is 5.91 Å². The number of carbonyl (C=O) groups excluding carboxylic acids is 1. The quantitative estimate of drug-likeness (QED) is 0.778. The van der Waals surface area contributed by atoms with Crippen molar-refractivity contribution in [3.63, 3.8) is 0 Å². The van der Waals surface area contributed by atoms with Crippen LogP contribution in [0, 0.1) is 5.92 Å². The predicted molar refractivity (Wildman–Crippen MR) is 79.0 cm³/mol. The normalized spacial score (nSPS) is 12.3. The van der Waals surface area contributed by atoms with E-state index in [0.29, 0.717) is 30.4 Å². The van der Waals surface area contributed by atoms with Crippen LogP contribution >= 0.6 is 11.6 Å². The van der Waals surface area contributed by atoms with Crippen LogP contribution in [-0.4, -0.2) is 24.4 Å². The first kappa shape index (κ1) is 15.8. The number of benzene rings is 1. The molecule has 0 aliphatic heterocycles. The highest BCUT2D eigenvalue weighted by atomic mass is 35.5. The summed E-state index contributed by atoms with van der Waals surface area (Å²) in [6.45, 7) is 7.13. The average molecular weight is 284 g/mol. The minimum atomic E-state index is -0.140. The number of hydrogen-bond donors (Lipinski definition) is 1. The number of halogens is 1. The first-order valence-corrected chi connectivity index (χ1v) is 7.12. The van der Waals surface area contributed by atoms with Gasteiger partial charge in [-0.15, -0.1) is 11.6 Å². The van der Waals surface area contributed by atoms with Crippen molar-refractivity contribution < 1.29 is 9.53 Å². The van der Waals surface area contributed by atoms with Gasteiger partial charge in [0.1, 0.15) is 5.75 Å². The molecule has 0 spiro atoms. The van der Waals surface area contributed by atoms with Crippen LogP contribution in [0.1, 0.15) is 37.6 Å². The number of amides is 1. The second-order valence-electron chi connectivity index (χ2n) is 4.87. The summed E-state index contributed by atoms with van der Waals surface area (Å²) >= 11 is 6.16. The molecule has 0 saturated carbocycles. The van der Waals surface area contributed by atoms with E-state index in [9.17, 15) is 4.79 Å². The highest BCUT2D eigenvalue weighted by Crippen LogP contribution is 2.18. The number of alkyl halides is 1.